The van der Waals surface area contributed by atoms with Crippen molar-refractivity contribution in [3.8, 4) is 0 Å². The van der Waals surface area contributed by atoms with Gasteiger partial charge < -0.3 is 15.4 Å². The van der Waals surface area contributed by atoms with Crippen molar-refractivity contribution in [1.29, 1.82) is 0 Å². The number of hydrogen-bond acceptors (Lipinski definition) is 4. The summed E-state index contributed by atoms with van der Waals surface area (Å²) in [4.78, 5) is 12.5. The molecular formula is C28H46Cl2N2O2. The van der Waals surface area contributed by atoms with Crippen LogP contribution in [0.15, 0.2) is 35.9 Å². The van der Waals surface area contributed by atoms with Crippen molar-refractivity contribution in [2.24, 2.45) is 11.3 Å². The van der Waals surface area contributed by atoms with Crippen LogP contribution >= 0.6 is 24.8 Å². The summed E-state index contributed by atoms with van der Waals surface area (Å²) in [6.07, 6.45) is 9.53. The third kappa shape index (κ3) is 9.53. The minimum Gasteiger partial charge on any atom is -0.460 e. The van der Waals surface area contributed by atoms with E-state index >= 15 is 0 Å². The van der Waals surface area contributed by atoms with Crippen molar-refractivity contribution in [3.05, 3.63) is 41.5 Å². The maximum absolute atomic E-state index is 12.5. The van der Waals surface area contributed by atoms with Crippen molar-refractivity contribution in [2.75, 3.05) is 6.54 Å². The summed E-state index contributed by atoms with van der Waals surface area (Å²) in [5, 5.41) is 7.58. The van der Waals surface area contributed by atoms with Crippen LogP contribution in [0.4, 0.5) is 0 Å². The number of rotatable bonds is 9. The number of nitrogens with one attached hydrogen (secondary N) is 2. The largest absolute Gasteiger partial charge is 0.460 e. The molecule has 2 aliphatic rings. The van der Waals surface area contributed by atoms with Gasteiger partial charge >= 0.3 is 5.97 Å². The molecule has 1 aromatic rings. The van der Waals surface area contributed by atoms with Gasteiger partial charge in [0.1, 0.15) is 5.60 Å². The Bertz CT molecular complexity index is 781. The van der Waals surface area contributed by atoms with Crippen molar-refractivity contribution < 1.29 is 9.53 Å². The molecule has 0 bridgehead atoms. The second-order valence-corrected chi connectivity index (χ2v) is 11.4. The quantitative estimate of drug-likeness (QED) is 0.367. The third-order valence-electron chi connectivity index (χ3n) is 6.79. The molecule has 6 heteroatoms. The Morgan fingerprint density at radius 1 is 1.00 bits per heavy atom. The Hall–Kier alpha value is -1.07. The Morgan fingerprint density at radius 3 is 2.15 bits per heavy atom. The van der Waals surface area contributed by atoms with Crippen LogP contribution in [0.25, 0.3) is 6.08 Å². The van der Waals surface area contributed by atoms with Gasteiger partial charge in [0.2, 0.25) is 0 Å². The topological polar surface area (TPSA) is 50.4 Å². The average molecular weight is 514 g/mol. The molecule has 2 atom stereocenters. The van der Waals surface area contributed by atoms with Crippen molar-refractivity contribution >= 4 is 36.9 Å². The Kier molecular flexibility index (Phi) is 12.1. The van der Waals surface area contributed by atoms with Crippen LogP contribution in [0.2, 0.25) is 0 Å². The van der Waals surface area contributed by atoms with E-state index in [2.05, 4.69) is 54.0 Å². The summed E-state index contributed by atoms with van der Waals surface area (Å²) in [7, 11) is 0. The minimum atomic E-state index is -0.509. The van der Waals surface area contributed by atoms with E-state index in [0.29, 0.717) is 30.6 Å². The van der Waals surface area contributed by atoms with Crippen molar-refractivity contribution in [1.82, 2.24) is 10.6 Å². The van der Waals surface area contributed by atoms with Gasteiger partial charge in [0, 0.05) is 24.7 Å². The molecular weight excluding hydrogens is 467 g/mol. The van der Waals surface area contributed by atoms with E-state index in [1.807, 2.05) is 34.6 Å². The molecule has 3 rings (SSSR count). The Labute approximate surface area is 219 Å². The second kappa shape index (κ2) is 13.3. The van der Waals surface area contributed by atoms with E-state index in [4.69, 9.17) is 4.74 Å². The lowest BCUT2D eigenvalue weighted by Crippen LogP contribution is -2.46. The number of carbonyl (C=O) groups excluding carboxylic acids is 1. The first-order valence-corrected chi connectivity index (χ1v) is 12.6. The van der Waals surface area contributed by atoms with Gasteiger partial charge in [-0.1, -0.05) is 48.9 Å². The predicted molar refractivity (Wildman–Crippen MR) is 148 cm³/mol. The lowest BCUT2D eigenvalue weighted by Gasteiger charge is -2.33. The summed E-state index contributed by atoms with van der Waals surface area (Å²) in [5.41, 5.74) is 1.95. The van der Waals surface area contributed by atoms with Crippen LogP contribution < -0.4 is 10.6 Å². The summed E-state index contributed by atoms with van der Waals surface area (Å²) in [6.45, 7) is 12.7. The van der Waals surface area contributed by atoms with Gasteiger partial charge in [0.05, 0.1) is 5.41 Å². The summed E-state index contributed by atoms with van der Waals surface area (Å²) in [6, 6.07) is 12.5. The fourth-order valence-corrected chi connectivity index (χ4v) is 4.68. The molecule has 0 aromatic heterocycles. The summed E-state index contributed by atoms with van der Waals surface area (Å²) < 4.78 is 5.59. The molecule has 34 heavy (non-hydrogen) atoms. The van der Waals surface area contributed by atoms with Crippen molar-refractivity contribution in [3.63, 3.8) is 0 Å². The lowest BCUT2D eigenvalue weighted by molar-refractivity contribution is -0.165. The first-order chi connectivity index (χ1) is 15.1. The normalized spacial score (nSPS) is 25.1. The number of hydrogen-bond donors (Lipinski definition) is 2. The highest BCUT2D eigenvalue weighted by molar-refractivity contribution is 5.85. The highest BCUT2D eigenvalue weighted by Gasteiger charge is 2.40. The zero-order valence-corrected chi connectivity index (χ0v) is 23.5. The first-order valence-electron chi connectivity index (χ1n) is 12.6. The molecule has 194 valence electrons. The molecule has 0 heterocycles. The monoisotopic (exact) mass is 512 g/mol. The first kappa shape index (κ1) is 31.0. The minimum absolute atomic E-state index is 0. The van der Waals surface area contributed by atoms with Gasteiger partial charge in [-0.15, -0.1) is 24.8 Å². The van der Waals surface area contributed by atoms with Crippen LogP contribution in [-0.4, -0.2) is 36.2 Å². The second-order valence-electron chi connectivity index (χ2n) is 11.4. The number of esters is 1. The maximum Gasteiger partial charge on any atom is 0.313 e. The van der Waals surface area contributed by atoms with E-state index in [0.717, 1.165) is 6.42 Å². The van der Waals surface area contributed by atoms with Crippen molar-refractivity contribution in [2.45, 2.75) is 104 Å². The molecule has 0 aliphatic heterocycles. The fourth-order valence-electron chi connectivity index (χ4n) is 4.68. The lowest BCUT2D eigenvalue weighted by atomic mass is 9.88. The van der Waals surface area contributed by atoms with E-state index in [1.54, 1.807) is 5.57 Å². The molecule has 2 saturated carbocycles. The molecule has 4 nitrogen and oxygen atoms in total. The molecule has 2 aliphatic carbocycles. The van der Waals surface area contributed by atoms with Crippen LogP contribution in [0, 0.1) is 11.3 Å². The zero-order valence-electron chi connectivity index (χ0n) is 21.9. The zero-order chi connectivity index (χ0) is 23.4. The molecule has 2 N–H and O–H groups in total. The molecule has 1 aromatic carbocycles. The van der Waals surface area contributed by atoms with E-state index in [1.165, 1.54) is 37.7 Å². The van der Waals surface area contributed by atoms with Crippen LogP contribution in [-0.2, 0) is 9.53 Å². The SMILES string of the molecule is CC/C(=C\c1ccccc1)[C@@H]1C[C@H]1N[C@H]1CC[C@H](NCC(C)(C)C(=O)OC(C)(C)C)CC1.Cl.Cl. The highest BCUT2D eigenvalue weighted by Crippen LogP contribution is 2.40. The molecule has 2 fully saturated rings. The number of ether oxygens (including phenoxy) is 1. The van der Waals surface area contributed by atoms with Gasteiger partial charge in [-0.3, -0.25) is 4.79 Å². The molecule has 0 spiro atoms. The van der Waals surface area contributed by atoms with E-state index < -0.39 is 11.0 Å². The van der Waals surface area contributed by atoms with Gasteiger partial charge in [-0.25, -0.2) is 0 Å². The average Bonchev–Trinajstić information content (AvgIpc) is 3.50. The summed E-state index contributed by atoms with van der Waals surface area (Å²) in [5.74, 6) is 0.577. The van der Waals surface area contributed by atoms with Gasteiger partial charge in [-0.2, -0.15) is 0 Å². The van der Waals surface area contributed by atoms with Gasteiger partial charge in [0.25, 0.3) is 0 Å². The molecule has 0 amide bonds. The molecule has 0 unspecified atom stereocenters. The Balaban J connectivity index is 0.00000289. The van der Waals surface area contributed by atoms with Crippen LogP contribution in [0.5, 0.6) is 0 Å². The van der Waals surface area contributed by atoms with Gasteiger partial charge in [0.15, 0.2) is 0 Å². The highest BCUT2D eigenvalue weighted by atomic mass is 35.5. The Morgan fingerprint density at radius 2 is 1.59 bits per heavy atom. The molecule has 0 saturated heterocycles. The predicted octanol–water partition coefficient (Wildman–Crippen LogP) is 6.57. The van der Waals surface area contributed by atoms with E-state index in [-0.39, 0.29) is 30.8 Å². The van der Waals surface area contributed by atoms with Crippen LogP contribution in [0.1, 0.15) is 85.6 Å². The van der Waals surface area contributed by atoms with E-state index in [9.17, 15) is 4.79 Å². The fraction of sp³-hybridized carbons (Fsp3) is 0.679. The van der Waals surface area contributed by atoms with Gasteiger partial charge in [-0.05, 0) is 84.6 Å². The smallest absolute Gasteiger partial charge is 0.313 e. The number of carbonyl (C=O) groups is 1. The summed E-state index contributed by atoms with van der Waals surface area (Å²) >= 11 is 0. The standard InChI is InChI=1S/C28H44N2O2.2ClH/c1-7-21(17-20-11-9-8-10-12-20)24-18-25(24)30-23-15-13-22(14-16-23)29-19-28(5,6)26(31)32-27(2,3)4;;/h8-12,17,22-25,29-30H,7,13-16,18-19H2,1-6H3;2*1H/b21-17+;;/t22-,23-,24-,25+;;/m0../s1. The number of benzene rings is 1. The molecule has 0 radical (unpaired) electrons. The third-order valence-corrected chi connectivity index (χ3v) is 6.79. The maximum atomic E-state index is 12.5. The van der Waals surface area contributed by atoms with Crippen LogP contribution in [0.3, 0.4) is 0 Å². The number of halogens is 2.